The lowest BCUT2D eigenvalue weighted by molar-refractivity contribution is -0.126. The summed E-state index contributed by atoms with van der Waals surface area (Å²) in [5.41, 5.74) is 0.734. The van der Waals surface area contributed by atoms with Gasteiger partial charge in [-0.25, -0.2) is 0 Å². The number of hydrogen-bond acceptors (Lipinski definition) is 4. The average Bonchev–Trinajstić information content (AvgIpc) is 2.95. The van der Waals surface area contributed by atoms with Gasteiger partial charge in [-0.3, -0.25) is 9.59 Å². The van der Waals surface area contributed by atoms with Crippen LogP contribution in [-0.2, 0) is 9.59 Å². The minimum Gasteiger partial charge on any atom is -0.492 e. The Hall–Kier alpha value is -1.79. The Bertz CT molecular complexity index is 568. The Morgan fingerprint density at radius 1 is 1.42 bits per heavy atom. The van der Waals surface area contributed by atoms with Crippen molar-refractivity contribution in [1.82, 2.24) is 10.6 Å². The first-order chi connectivity index (χ1) is 11.1. The normalized spacial score (nSPS) is 18.0. The molecule has 2 atom stereocenters. The number of nitrogens with one attached hydrogen (secondary N) is 2. The van der Waals surface area contributed by atoms with Crippen LogP contribution in [0.25, 0.3) is 0 Å². The zero-order chi connectivity index (χ0) is 16.8. The van der Waals surface area contributed by atoms with Gasteiger partial charge in [-0.1, -0.05) is 12.1 Å². The van der Waals surface area contributed by atoms with Gasteiger partial charge < -0.3 is 20.3 Å². The first kappa shape index (κ1) is 20.3. The second-order valence-corrected chi connectivity index (χ2v) is 5.74. The van der Waals surface area contributed by atoms with Crippen molar-refractivity contribution in [3.8, 4) is 5.75 Å². The van der Waals surface area contributed by atoms with Crippen LogP contribution < -0.4 is 20.3 Å². The summed E-state index contributed by atoms with van der Waals surface area (Å²) < 4.78 is 5.58. The van der Waals surface area contributed by atoms with Gasteiger partial charge in [0.15, 0.2) is 0 Å². The molecule has 1 aliphatic rings. The molecule has 7 heteroatoms. The Balaban J connectivity index is 0.00000288. The van der Waals surface area contributed by atoms with Crippen molar-refractivity contribution in [1.29, 1.82) is 0 Å². The van der Waals surface area contributed by atoms with Crippen LogP contribution in [0.15, 0.2) is 24.3 Å². The van der Waals surface area contributed by atoms with Crippen LogP contribution in [0.1, 0.15) is 20.3 Å². The Morgan fingerprint density at radius 3 is 2.79 bits per heavy atom. The van der Waals surface area contributed by atoms with E-state index in [1.807, 2.05) is 45.2 Å². The molecule has 1 heterocycles. The van der Waals surface area contributed by atoms with E-state index in [4.69, 9.17) is 4.74 Å². The van der Waals surface area contributed by atoms with E-state index in [-0.39, 0.29) is 42.6 Å². The third-order valence-electron chi connectivity index (χ3n) is 4.03. The zero-order valence-electron chi connectivity index (χ0n) is 14.4. The number of ether oxygens (including phenoxy) is 1. The maximum Gasteiger partial charge on any atom is 0.227 e. The molecule has 134 valence electrons. The van der Waals surface area contributed by atoms with Crippen LogP contribution in [-0.4, -0.2) is 44.6 Å². The molecule has 1 fully saturated rings. The van der Waals surface area contributed by atoms with Crippen molar-refractivity contribution in [2.24, 2.45) is 5.92 Å². The SMILES string of the molecule is CCOc1ccccc1N1CC(C(=O)NCC(C)NC)CC1=O.Cl. The molecule has 24 heavy (non-hydrogen) atoms. The number of halogens is 1. The highest BCUT2D eigenvalue weighted by molar-refractivity contribution is 6.01. The number of nitrogens with zero attached hydrogens (tertiary/aromatic N) is 1. The second kappa shape index (κ2) is 9.49. The van der Waals surface area contributed by atoms with Crippen LogP contribution in [0, 0.1) is 5.92 Å². The molecule has 1 aliphatic heterocycles. The summed E-state index contributed by atoms with van der Waals surface area (Å²) in [5.74, 6) is 0.241. The van der Waals surface area contributed by atoms with E-state index in [1.54, 1.807) is 4.90 Å². The number of rotatable bonds is 7. The molecule has 0 bridgehead atoms. The van der Waals surface area contributed by atoms with Crippen LogP contribution in [0.5, 0.6) is 5.75 Å². The quantitative estimate of drug-likeness (QED) is 0.779. The fourth-order valence-electron chi connectivity index (χ4n) is 2.57. The largest absolute Gasteiger partial charge is 0.492 e. The third-order valence-corrected chi connectivity index (χ3v) is 4.03. The molecule has 2 N–H and O–H groups in total. The predicted molar refractivity (Wildman–Crippen MR) is 96.9 cm³/mol. The van der Waals surface area contributed by atoms with Crippen molar-refractivity contribution in [2.75, 3.05) is 31.6 Å². The molecule has 0 aliphatic carbocycles. The maximum absolute atomic E-state index is 12.3. The summed E-state index contributed by atoms with van der Waals surface area (Å²) in [6, 6.07) is 7.64. The van der Waals surface area contributed by atoms with Crippen LogP contribution >= 0.6 is 12.4 Å². The van der Waals surface area contributed by atoms with Gasteiger partial charge in [0, 0.05) is 25.6 Å². The number of anilines is 1. The van der Waals surface area contributed by atoms with E-state index >= 15 is 0 Å². The molecule has 0 aromatic heterocycles. The van der Waals surface area contributed by atoms with Crippen LogP contribution in [0.2, 0.25) is 0 Å². The molecule has 2 unspecified atom stereocenters. The first-order valence-electron chi connectivity index (χ1n) is 8.04. The van der Waals surface area contributed by atoms with E-state index in [0.29, 0.717) is 25.4 Å². The number of carbonyl (C=O) groups is 2. The molecular formula is C17H26ClN3O3. The molecule has 1 saturated heterocycles. The average molecular weight is 356 g/mol. The Morgan fingerprint density at radius 2 is 2.12 bits per heavy atom. The summed E-state index contributed by atoms with van der Waals surface area (Å²) in [6.07, 6.45) is 0.236. The van der Waals surface area contributed by atoms with Crippen molar-refractivity contribution >= 4 is 29.9 Å². The molecule has 2 amide bonds. The number of hydrogen-bond donors (Lipinski definition) is 2. The highest BCUT2D eigenvalue weighted by Crippen LogP contribution is 2.33. The lowest BCUT2D eigenvalue weighted by atomic mass is 10.1. The summed E-state index contributed by atoms with van der Waals surface area (Å²) in [5, 5.41) is 5.96. The van der Waals surface area contributed by atoms with Crippen molar-refractivity contribution in [2.45, 2.75) is 26.3 Å². The van der Waals surface area contributed by atoms with Gasteiger partial charge in [-0.15, -0.1) is 12.4 Å². The summed E-state index contributed by atoms with van der Waals surface area (Å²) >= 11 is 0. The van der Waals surface area contributed by atoms with Gasteiger partial charge in [-0.2, -0.15) is 0 Å². The van der Waals surface area contributed by atoms with Crippen LogP contribution in [0.3, 0.4) is 0 Å². The highest BCUT2D eigenvalue weighted by Gasteiger charge is 2.36. The van der Waals surface area contributed by atoms with Gasteiger partial charge in [-0.05, 0) is 33.0 Å². The minimum atomic E-state index is -0.318. The van der Waals surface area contributed by atoms with Gasteiger partial charge in [0.1, 0.15) is 5.75 Å². The van der Waals surface area contributed by atoms with E-state index in [0.717, 1.165) is 5.69 Å². The van der Waals surface area contributed by atoms with Gasteiger partial charge in [0.2, 0.25) is 11.8 Å². The summed E-state index contributed by atoms with van der Waals surface area (Å²) in [4.78, 5) is 26.2. The zero-order valence-corrected chi connectivity index (χ0v) is 15.2. The third kappa shape index (κ3) is 4.85. The van der Waals surface area contributed by atoms with Gasteiger partial charge in [0.05, 0.1) is 18.2 Å². The molecule has 0 radical (unpaired) electrons. The summed E-state index contributed by atoms with van der Waals surface area (Å²) in [7, 11) is 1.85. The maximum atomic E-state index is 12.3. The fourth-order valence-corrected chi connectivity index (χ4v) is 2.57. The molecule has 2 rings (SSSR count). The van der Waals surface area contributed by atoms with Crippen LogP contribution in [0.4, 0.5) is 5.69 Å². The van der Waals surface area contributed by atoms with E-state index in [1.165, 1.54) is 0 Å². The standard InChI is InChI=1S/C17H25N3O3.ClH/c1-4-23-15-8-6-5-7-14(15)20-11-13(9-16(20)21)17(22)19-10-12(2)18-3;/h5-8,12-13,18H,4,9-11H2,1-3H3,(H,19,22);1H. The fraction of sp³-hybridized carbons (Fsp3) is 0.529. The lowest BCUT2D eigenvalue weighted by Gasteiger charge is -2.20. The highest BCUT2D eigenvalue weighted by atomic mass is 35.5. The molecule has 6 nitrogen and oxygen atoms in total. The number of amides is 2. The molecular weight excluding hydrogens is 330 g/mol. The first-order valence-corrected chi connectivity index (χ1v) is 8.04. The lowest BCUT2D eigenvalue weighted by Crippen LogP contribution is -2.40. The van der Waals surface area contributed by atoms with Crippen molar-refractivity contribution in [3.05, 3.63) is 24.3 Å². The summed E-state index contributed by atoms with van der Waals surface area (Å²) in [6.45, 7) is 5.37. The van der Waals surface area contributed by atoms with Crippen molar-refractivity contribution < 1.29 is 14.3 Å². The predicted octanol–water partition coefficient (Wildman–Crippen LogP) is 1.58. The molecule has 1 aromatic rings. The minimum absolute atomic E-state index is 0. The van der Waals surface area contributed by atoms with E-state index in [2.05, 4.69) is 10.6 Å². The molecule has 0 spiro atoms. The molecule has 1 aromatic carbocycles. The number of likely N-dealkylation sites (N-methyl/N-ethyl adjacent to an activating group) is 1. The topological polar surface area (TPSA) is 70.7 Å². The monoisotopic (exact) mass is 355 g/mol. The van der Waals surface area contributed by atoms with E-state index < -0.39 is 0 Å². The van der Waals surface area contributed by atoms with Gasteiger partial charge >= 0.3 is 0 Å². The second-order valence-electron chi connectivity index (χ2n) is 5.74. The van der Waals surface area contributed by atoms with Crippen molar-refractivity contribution in [3.63, 3.8) is 0 Å². The smallest absolute Gasteiger partial charge is 0.227 e. The molecule has 0 saturated carbocycles. The van der Waals surface area contributed by atoms with E-state index in [9.17, 15) is 9.59 Å². The Kier molecular flexibility index (Phi) is 8.01. The number of benzene rings is 1. The number of carbonyl (C=O) groups excluding carboxylic acids is 2. The van der Waals surface area contributed by atoms with Gasteiger partial charge in [0.25, 0.3) is 0 Å². The Labute approximate surface area is 149 Å². The number of para-hydroxylation sites is 2.